The lowest BCUT2D eigenvalue weighted by molar-refractivity contribution is -0.113. The van der Waals surface area contributed by atoms with E-state index in [4.69, 9.17) is 12.2 Å². The molecule has 1 saturated heterocycles. The van der Waals surface area contributed by atoms with Crippen LogP contribution in [-0.4, -0.2) is 20.8 Å². The van der Waals surface area contributed by atoms with Crippen LogP contribution in [-0.2, 0) is 11.8 Å². The number of hydrogen-bond acceptors (Lipinski definition) is 3. The number of benzene rings is 1. The van der Waals surface area contributed by atoms with E-state index in [9.17, 15) is 9.18 Å². The Morgan fingerprint density at radius 2 is 2.00 bits per heavy atom. The molecule has 5 nitrogen and oxygen atoms in total. The van der Waals surface area contributed by atoms with Crippen molar-refractivity contribution in [1.82, 2.24) is 15.1 Å². The standard InChI is InChI=1S/C15H13FN4OS/c1-9-10(8-19(2)18-9)7-13-14(21)20(15(22)17-13)12-5-3-11(16)4-6-12/h3-8H,1-2H3,(H,17,22). The molecule has 0 aliphatic carbocycles. The Kier molecular flexibility index (Phi) is 3.50. The molecule has 0 saturated carbocycles. The Balaban J connectivity index is 1.94. The fourth-order valence-corrected chi connectivity index (χ4v) is 2.57. The molecule has 2 heterocycles. The highest BCUT2D eigenvalue weighted by Crippen LogP contribution is 2.23. The fourth-order valence-electron chi connectivity index (χ4n) is 2.27. The van der Waals surface area contributed by atoms with Crippen molar-refractivity contribution >= 4 is 35.0 Å². The monoisotopic (exact) mass is 316 g/mol. The molecular formula is C15H13FN4OS. The number of nitrogens with one attached hydrogen (secondary N) is 1. The number of rotatable bonds is 2. The van der Waals surface area contributed by atoms with E-state index in [1.807, 2.05) is 20.2 Å². The fraction of sp³-hybridized carbons (Fsp3) is 0.133. The van der Waals surface area contributed by atoms with Gasteiger partial charge in [0.05, 0.1) is 11.4 Å². The van der Waals surface area contributed by atoms with Crippen LogP contribution in [0.2, 0.25) is 0 Å². The molecule has 22 heavy (non-hydrogen) atoms. The molecule has 0 atom stereocenters. The lowest BCUT2D eigenvalue weighted by atomic mass is 10.2. The molecule has 0 radical (unpaired) electrons. The minimum atomic E-state index is -0.365. The topological polar surface area (TPSA) is 50.2 Å². The number of aryl methyl sites for hydroxylation is 2. The quantitative estimate of drug-likeness (QED) is 0.681. The second-order valence-corrected chi connectivity index (χ2v) is 5.34. The van der Waals surface area contributed by atoms with Crippen LogP contribution in [0.15, 0.2) is 36.2 Å². The summed E-state index contributed by atoms with van der Waals surface area (Å²) in [5.41, 5.74) is 2.54. The molecule has 1 aliphatic rings. The molecule has 1 aliphatic heterocycles. The first-order valence-corrected chi connectivity index (χ1v) is 6.99. The van der Waals surface area contributed by atoms with Gasteiger partial charge in [0.2, 0.25) is 0 Å². The molecule has 0 bridgehead atoms. The predicted molar refractivity (Wildman–Crippen MR) is 85.5 cm³/mol. The molecule has 0 spiro atoms. The summed E-state index contributed by atoms with van der Waals surface area (Å²) in [6.45, 7) is 1.86. The molecule has 1 aromatic carbocycles. The zero-order chi connectivity index (χ0) is 15.9. The molecule has 3 rings (SSSR count). The molecule has 1 aromatic heterocycles. The SMILES string of the molecule is Cc1nn(C)cc1C=C1NC(=S)N(c2ccc(F)cc2)C1=O. The number of halogens is 1. The van der Waals surface area contributed by atoms with Crippen LogP contribution in [0, 0.1) is 12.7 Å². The zero-order valence-corrected chi connectivity index (χ0v) is 12.8. The van der Waals surface area contributed by atoms with Gasteiger partial charge < -0.3 is 5.32 Å². The van der Waals surface area contributed by atoms with Crippen LogP contribution < -0.4 is 10.2 Å². The molecule has 1 fully saturated rings. The Morgan fingerprint density at radius 1 is 1.32 bits per heavy atom. The van der Waals surface area contributed by atoms with Crippen molar-refractivity contribution in [2.24, 2.45) is 7.05 Å². The van der Waals surface area contributed by atoms with Crippen molar-refractivity contribution in [3.63, 3.8) is 0 Å². The first kappa shape index (κ1) is 14.4. The first-order valence-electron chi connectivity index (χ1n) is 6.58. The number of carbonyl (C=O) groups excluding carboxylic acids is 1. The summed E-state index contributed by atoms with van der Waals surface area (Å²) in [5, 5.41) is 7.39. The smallest absolute Gasteiger partial charge is 0.281 e. The Morgan fingerprint density at radius 3 is 2.59 bits per heavy atom. The Hall–Kier alpha value is -2.54. The average molecular weight is 316 g/mol. The minimum absolute atomic E-state index is 0.268. The van der Waals surface area contributed by atoms with Gasteiger partial charge in [-0.1, -0.05) is 0 Å². The van der Waals surface area contributed by atoms with E-state index in [0.29, 0.717) is 11.4 Å². The Bertz CT molecular complexity index is 794. The van der Waals surface area contributed by atoms with E-state index in [1.165, 1.54) is 29.2 Å². The van der Waals surface area contributed by atoms with Crippen LogP contribution in [0.5, 0.6) is 0 Å². The van der Waals surface area contributed by atoms with E-state index in [0.717, 1.165) is 11.3 Å². The molecular weight excluding hydrogens is 303 g/mol. The maximum absolute atomic E-state index is 13.0. The minimum Gasteiger partial charge on any atom is -0.327 e. The summed E-state index contributed by atoms with van der Waals surface area (Å²) in [6.07, 6.45) is 3.53. The number of nitrogens with zero attached hydrogens (tertiary/aromatic N) is 3. The zero-order valence-electron chi connectivity index (χ0n) is 12.0. The number of hydrogen-bond donors (Lipinski definition) is 1. The summed E-state index contributed by atoms with van der Waals surface area (Å²) in [4.78, 5) is 13.9. The largest absolute Gasteiger partial charge is 0.327 e. The van der Waals surface area contributed by atoms with Gasteiger partial charge in [-0.25, -0.2) is 4.39 Å². The van der Waals surface area contributed by atoms with Crippen molar-refractivity contribution in [3.05, 3.63) is 53.2 Å². The summed E-state index contributed by atoms with van der Waals surface area (Å²) in [6, 6.07) is 5.61. The summed E-state index contributed by atoms with van der Waals surface area (Å²) >= 11 is 5.20. The van der Waals surface area contributed by atoms with Gasteiger partial charge in [0.25, 0.3) is 5.91 Å². The van der Waals surface area contributed by atoms with Gasteiger partial charge >= 0.3 is 0 Å². The van der Waals surface area contributed by atoms with Crippen LogP contribution in [0.25, 0.3) is 6.08 Å². The van der Waals surface area contributed by atoms with Gasteiger partial charge in [0.15, 0.2) is 5.11 Å². The predicted octanol–water partition coefficient (Wildman–Crippen LogP) is 2.13. The molecule has 2 aromatic rings. The van der Waals surface area contributed by atoms with Crippen molar-refractivity contribution in [1.29, 1.82) is 0 Å². The third kappa shape index (κ3) is 2.50. The van der Waals surface area contributed by atoms with Gasteiger partial charge in [-0.3, -0.25) is 14.4 Å². The third-order valence-electron chi connectivity index (χ3n) is 3.31. The number of anilines is 1. The summed E-state index contributed by atoms with van der Waals surface area (Å²) < 4.78 is 14.7. The summed E-state index contributed by atoms with van der Waals surface area (Å²) in [7, 11) is 1.81. The number of aromatic nitrogens is 2. The van der Waals surface area contributed by atoms with E-state index >= 15 is 0 Å². The third-order valence-corrected chi connectivity index (χ3v) is 3.60. The molecule has 1 amide bonds. The molecule has 7 heteroatoms. The van der Waals surface area contributed by atoms with Gasteiger partial charge in [-0.15, -0.1) is 0 Å². The van der Waals surface area contributed by atoms with E-state index in [-0.39, 0.29) is 16.8 Å². The van der Waals surface area contributed by atoms with Crippen molar-refractivity contribution in [2.45, 2.75) is 6.92 Å². The van der Waals surface area contributed by atoms with Gasteiger partial charge in [-0.05, 0) is 49.5 Å². The second kappa shape index (κ2) is 5.34. The number of thiocarbonyl (C=S) groups is 1. The van der Waals surface area contributed by atoms with E-state index < -0.39 is 0 Å². The lowest BCUT2D eigenvalue weighted by Gasteiger charge is -2.13. The highest BCUT2D eigenvalue weighted by Gasteiger charge is 2.32. The maximum Gasteiger partial charge on any atom is 0.281 e. The normalized spacial score (nSPS) is 16.5. The van der Waals surface area contributed by atoms with Crippen LogP contribution in [0.3, 0.4) is 0 Å². The number of carbonyl (C=O) groups is 1. The van der Waals surface area contributed by atoms with Crippen LogP contribution >= 0.6 is 12.2 Å². The highest BCUT2D eigenvalue weighted by atomic mass is 32.1. The van der Waals surface area contributed by atoms with E-state index in [1.54, 1.807) is 10.8 Å². The number of amides is 1. The van der Waals surface area contributed by atoms with Gasteiger partial charge in [0.1, 0.15) is 11.5 Å². The van der Waals surface area contributed by atoms with Crippen molar-refractivity contribution in [2.75, 3.05) is 4.90 Å². The van der Waals surface area contributed by atoms with Crippen LogP contribution in [0.1, 0.15) is 11.3 Å². The second-order valence-electron chi connectivity index (χ2n) is 4.95. The van der Waals surface area contributed by atoms with Crippen LogP contribution in [0.4, 0.5) is 10.1 Å². The highest BCUT2D eigenvalue weighted by molar-refractivity contribution is 7.80. The average Bonchev–Trinajstić information content (AvgIpc) is 2.92. The van der Waals surface area contributed by atoms with Crippen molar-refractivity contribution in [3.8, 4) is 0 Å². The van der Waals surface area contributed by atoms with E-state index in [2.05, 4.69) is 10.4 Å². The molecule has 1 N–H and O–H groups in total. The molecule has 112 valence electrons. The lowest BCUT2D eigenvalue weighted by Crippen LogP contribution is -2.30. The van der Waals surface area contributed by atoms with Gasteiger partial charge in [-0.2, -0.15) is 5.10 Å². The maximum atomic E-state index is 13.0. The van der Waals surface area contributed by atoms with Crippen molar-refractivity contribution < 1.29 is 9.18 Å². The molecule has 0 unspecified atom stereocenters. The Labute approximate surface area is 132 Å². The first-order chi connectivity index (χ1) is 10.5. The summed E-state index contributed by atoms with van der Waals surface area (Å²) in [5.74, 6) is -0.643. The van der Waals surface area contributed by atoms with Gasteiger partial charge in [0, 0.05) is 18.8 Å².